The summed E-state index contributed by atoms with van der Waals surface area (Å²) in [5.41, 5.74) is 4.92. The quantitative estimate of drug-likeness (QED) is 0.475. The summed E-state index contributed by atoms with van der Waals surface area (Å²) in [6.45, 7) is 1.82. The van der Waals surface area contributed by atoms with Crippen molar-refractivity contribution in [2.24, 2.45) is 5.84 Å². The fraction of sp³-hybridized carbons (Fsp3) is 0.333. The molecule has 0 aliphatic rings. The van der Waals surface area contributed by atoms with Gasteiger partial charge in [0.05, 0.1) is 0 Å². The van der Waals surface area contributed by atoms with Crippen molar-refractivity contribution in [3.8, 4) is 0 Å². The number of nitrogens with two attached hydrogens (primary N) is 1. The van der Waals surface area contributed by atoms with Gasteiger partial charge in [0.1, 0.15) is 5.52 Å². The van der Waals surface area contributed by atoms with Crippen molar-refractivity contribution in [1.29, 1.82) is 0 Å². The van der Waals surface area contributed by atoms with Gasteiger partial charge in [0.2, 0.25) is 5.91 Å². The van der Waals surface area contributed by atoms with Crippen LogP contribution in [0.1, 0.15) is 24.3 Å². The van der Waals surface area contributed by atoms with E-state index in [1.807, 2.05) is 25.1 Å². The molecular formula is C12H15N3O2. The van der Waals surface area contributed by atoms with E-state index in [0.717, 1.165) is 29.5 Å². The lowest BCUT2D eigenvalue weighted by atomic mass is 10.1. The van der Waals surface area contributed by atoms with Crippen LogP contribution in [-0.4, -0.2) is 10.9 Å². The molecule has 0 unspecified atom stereocenters. The van der Waals surface area contributed by atoms with E-state index in [-0.39, 0.29) is 5.91 Å². The smallest absolute Gasteiger partial charge is 0.233 e. The summed E-state index contributed by atoms with van der Waals surface area (Å²) in [4.78, 5) is 15.2. The maximum Gasteiger partial charge on any atom is 0.233 e. The summed E-state index contributed by atoms with van der Waals surface area (Å²) in [7, 11) is 0. The topological polar surface area (TPSA) is 81.2 Å². The van der Waals surface area contributed by atoms with Gasteiger partial charge in [0.15, 0.2) is 11.5 Å². The number of amides is 1. The van der Waals surface area contributed by atoms with Crippen molar-refractivity contribution in [1.82, 2.24) is 10.4 Å². The van der Waals surface area contributed by atoms with Crippen LogP contribution in [-0.2, 0) is 11.2 Å². The zero-order valence-electron chi connectivity index (χ0n) is 9.69. The summed E-state index contributed by atoms with van der Waals surface area (Å²) in [5, 5.41) is 0. The first-order chi connectivity index (χ1) is 8.19. The second-order valence-electron chi connectivity index (χ2n) is 3.96. The van der Waals surface area contributed by atoms with Crippen molar-refractivity contribution >= 4 is 17.0 Å². The molecule has 1 amide bonds. The van der Waals surface area contributed by atoms with E-state index in [4.69, 9.17) is 10.3 Å². The van der Waals surface area contributed by atoms with E-state index in [1.165, 1.54) is 0 Å². The van der Waals surface area contributed by atoms with Crippen molar-refractivity contribution in [3.63, 3.8) is 0 Å². The van der Waals surface area contributed by atoms with Gasteiger partial charge in [-0.2, -0.15) is 0 Å². The maximum absolute atomic E-state index is 11.0. The summed E-state index contributed by atoms with van der Waals surface area (Å²) < 4.78 is 5.45. The number of hydrogen-bond donors (Lipinski definition) is 2. The van der Waals surface area contributed by atoms with Crippen LogP contribution in [0.25, 0.3) is 11.1 Å². The van der Waals surface area contributed by atoms with Crippen LogP contribution in [0.15, 0.2) is 22.6 Å². The first-order valence-corrected chi connectivity index (χ1v) is 5.54. The van der Waals surface area contributed by atoms with E-state index in [2.05, 4.69) is 10.4 Å². The number of nitrogens with one attached hydrogen (secondary N) is 1. The summed E-state index contributed by atoms with van der Waals surface area (Å²) in [5.74, 6) is 5.53. The first-order valence-electron chi connectivity index (χ1n) is 5.54. The molecule has 1 aromatic heterocycles. The van der Waals surface area contributed by atoms with Crippen molar-refractivity contribution in [2.45, 2.75) is 26.2 Å². The Morgan fingerprint density at radius 3 is 3.12 bits per heavy atom. The van der Waals surface area contributed by atoms with E-state index in [1.54, 1.807) is 0 Å². The molecule has 0 radical (unpaired) electrons. The molecule has 0 bridgehead atoms. The predicted molar refractivity (Wildman–Crippen MR) is 64.0 cm³/mol. The molecule has 0 atom stereocenters. The molecule has 0 aliphatic heterocycles. The molecule has 17 heavy (non-hydrogen) atoms. The molecule has 2 aromatic rings. The van der Waals surface area contributed by atoms with Gasteiger partial charge in [0, 0.05) is 13.3 Å². The molecule has 2 rings (SSSR count). The summed E-state index contributed by atoms with van der Waals surface area (Å²) in [6.07, 6.45) is 2.02. The normalized spacial score (nSPS) is 10.7. The number of rotatable bonds is 4. The zero-order valence-corrected chi connectivity index (χ0v) is 9.69. The highest BCUT2D eigenvalue weighted by atomic mass is 16.3. The number of nitrogens with zero attached hydrogens (tertiary/aromatic N) is 1. The van der Waals surface area contributed by atoms with E-state index >= 15 is 0 Å². The van der Waals surface area contributed by atoms with Crippen molar-refractivity contribution < 1.29 is 9.21 Å². The van der Waals surface area contributed by atoms with Crippen LogP contribution >= 0.6 is 0 Å². The largest absolute Gasteiger partial charge is 0.441 e. The Bertz CT molecular complexity index is 534. The van der Waals surface area contributed by atoms with Crippen molar-refractivity contribution in [2.75, 3.05) is 0 Å². The molecule has 1 aromatic carbocycles. The fourth-order valence-electron chi connectivity index (χ4n) is 1.76. The van der Waals surface area contributed by atoms with Crippen molar-refractivity contribution in [3.05, 3.63) is 29.7 Å². The third-order valence-corrected chi connectivity index (χ3v) is 2.59. The van der Waals surface area contributed by atoms with Crippen LogP contribution in [0.4, 0.5) is 0 Å². The number of carbonyl (C=O) groups excluding carboxylic acids is 1. The lowest BCUT2D eigenvalue weighted by Gasteiger charge is -2.00. The molecule has 0 spiro atoms. The monoisotopic (exact) mass is 233 g/mol. The lowest BCUT2D eigenvalue weighted by molar-refractivity contribution is -0.121. The minimum atomic E-state index is -0.137. The number of aryl methyl sites for hydroxylation is 2. The molecule has 5 nitrogen and oxygen atoms in total. The molecular weight excluding hydrogens is 218 g/mol. The van der Waals surface area contributed by atoms with Gasteiger partial charge in [-0.15, -0.1) is 0 Å². The van der Waals surface area contributed by atoms with Gasteiger partial charge in [-0.3, -0.25) is 10.2 Å². The van der Waals surface area contributed by atoms with Crippen LogP contribution in [0.2, 0.25) is 0 Å². The van der Waals surface area contributed by atoms with Gasteiger partial charge in [-0.1, -0.05) is 6.07 Å². The van der Waals surface area contributed by atoms with E-state index < -0.39 is 0 Å². The maximum atomic E-state index is 11.0. The number of hydrazine groups is 1. The molecule has 90 valence electrons. The second kappa shape index (κ2) is 4.97. The number of aromatic nitrogens is 1. The molecule has 0 saturated heterocycles. The van der Waals surface area contributed by atoms with E-state index in [9.17, 15) is 4.79 Å². The molecule has 0 fully saturated rings. The van der Waals surface area contributed by atoms with Crippen LogP contribution in [0.5, 0.6) is 0 Å². The predicted octanol–water partition coefficient (Wildman–Crippen LogP) is 1.45. The minimum absolute atomic E-state index is 0.137. The second-order valence-corrected chi connectivity index (χ2v) is 3.96. The highest BCUT2D eigenvalue weighted by Gasteiger charge is 2.04. The lowest BCUT2D eigenvalue weighted by Crippen LogP contribution is -2.29. The molecule has 5 heteroatoms. The van der Waals surface area contributed by atoms with E-state index in [0.29, 0.717) is 12.3 Å². The van der Waals surface area contributed by atoms with Gasteiger partial charge in [0.25, 0.3) is 0 Å². The Labute approximate surface area is 99.0 Å². The zero-order chi connectivity index (χ0) is 12.3. The minimum Gasteiger partial charge on any atom is -0.441 e. The average Bonchev–Trinajstić information content (AvgIpc) is 2.68. The highest BCUT2D eigenvalue weighted by molar-refractivity contribution is 5.75. The van der Waals surface area contributed by atoms with Gasteiger partial charge >= 0.3 is 0 Å². The average molecular weight is 233 g/mol. The van der Waals surface area contributed by atoms with Gasteiger partial charge in [-0.25, -0.2) is 10.8 Å². The number of benzene rings is 1. The molecule has 3 N–H and O–H groups in total. The molecule has 0 saturated carbocycles. The Hall–Kier alpha value is -1.88. The highest BCUT2D eigenvalue weighted by Crippen LogP contribution is 2.17. The summed E-state index contributed by atoms with van der Waals surface area (Å²) >= 11 is 0. The van der Waals surface area contributed by atoms with Gasteiger partial charge in [-0.05, 0) is 30.5 Å². The third-order valence-electron chi connectivity index (χ3n) is 2.59. The Balaban J connectivity index is 2.01. The van der Waals surface area contributed by atoms with Crippen LogP contribution < -0.4 is 11.3 Å². The number of carbonyl (C=O) groups is 1. The number of oxazole rings is 1. The standard InChI is InChI=1S/C12H15N3O2/c1-8-14-10-6-5-9(7-11(10)17-8)3-2-4-12(16)15-13/h5-7H,2-4,13H2,1H3,(H,15,16). The number of fused-ring (bicyclic) bond motifs is 1. The third kappa shape index (κ3) is 2.82. The Morgan fingerprint density at radius 2 is 2.35 bits per heavy atom. The first kappa shape index (κ1) is 11.6. The van der Waals surface area contributed by atoms with Crippen LogP contribution in [0.3, 0.4) is 0 Å². The Morgan fingerprint density at radius 1 is 1.53 bits per heavy atom. The van der Waals surface area contributed by atoms with Crippen LogP contribution in [0, 0.1) is 6.92 Å². The van der Waals surface area contributed by atoms with Gasteiger partial charge < -0.3 is 4.42 Å². The molecule has 0 aliphatic carbocycles. The SMILES string of the molecule is Cc1nc2ccc(CCCC(=O)NN)cc2o1. The molecule has 1 heterocycles. The number of hydrogen-bond acceptors (Lipinski definition) is 4. The fourth-order valence-corrected chi connectivity index (χ4v) is 1.76. The summed E-state index contributed by atoms with van der Waals surface area (Å²) in [6, 6.07) is 5.91. The Kier molecular flexibility index (Phi) is 3.39.